The van der Waals surface area contributed by atoms with Crippen LogP contribution in [-0.2, 0) is 6.54 Å². The number of hydrogen-bond acceptors (Lipinski definition) is 3. The lowest BCUT2D eigenvalue weighted by Gasteiger charge is -2.03. The SMILES string of the molecule is COc1cccc(CN=Cc2cc(Cl)cc(Cl)c2O)c1. The van der Waals surface area contributed by atoms with Crippen LogP contribution in [0.15, 0.2) is 41.4 Å². The Labute approximate surface area is 127 Å². The van der Waals surface area contributed by atoms with E-state index in [1.54, 1.807) is 19.4 Å². The fraction of sp³-hybridized carbons (Fsp3) is 0.133. The van der Waals surface area contributed by atoms with Crippen molar-refractivity contribution in [2.75, 3.05) is 7.11 Å². The number of nitrogens with zero attached hydrogens (tertiary/aromatic N) is 1. The van der Waals surface area contributed by atoms with Crippen molar-refractivity contribution in [3.63, 3.8) is 0 Å². The van der Waals surface area contributed by atoms with Crippen LogP contribution < -0.4 is 4.74 Å². The summed E-state index contributed by atoms with van der Waals surface area (Å²) in [6.07, 6.45) is 1.55. The molecule has 0 aliphatic rings. The van der Waals surface area contributed by atoms with E-state index >= 15 is 0 Å². The molecule has 1 N–H and O–H groups in total. The van der Waals surface area contributed by atoms with Gasteiger partial charge in [-0.1, -0.05) is 35.3 Å². The van der Waals surface area contributed by atoms with Gasteiger partial charge in [0.15, 0.2) is 0 Å². The molecule has 2 rings (SSSR count). The van der Waals surface area contributed by atoms with Crippen LogP contribution in [0.5, 0.6) is 11.5 Å². The van der Waals surface area contributed by atoms with Crippen LogP contribution in [0.3, 0.4) is 0 Å². The smallest absolute Gasteiger partial charge is 0.143 e. The molecule has 2 aromatic rings. The summed E-state index contributed by atoms with van der Waals surface area (Å²) in [5.74, 6) is 0.761. The summed E-state index contributed by atoms with van der Waals surface area (Å²) in [7, 11) is 1.62. The van der Waals surface area contributed by atoms with E-state index in [1.165, 1.54) is 6.07 Å². The summed E-state index contributed by atoms with van der Waals surface area (Å²) in [4.78, 5) is 4.27. The van der Waals surface area contributed by atoms with Crippen molar-refractivity contribution in [1.82, 2.24) is 0 Å². The largest absolute Gasteiger partial charge is 0.506 e. The van der Waals surface area contributed by atoms with Crippen LogP contribution in [0.4, 0.5) is 0 Å². The minimum atomic E-state index is -0.0227. The lowest BCUT2D eigenvalue weighted by atomic mass is 10.2. The summed E-state index contributed by atoms with van der Waals surface area (Å²) in [5, 5.41) is 10.5. The van der Waals surface area contributed by atoms with Crippen molar-refractivity contribution in [3.8, 4) is 11.5 Å². The van der Waals surface area contributed by atoms with Gasteiger partial charge in [0.05, 0.1) is 18.7 Å². The van der Waals surface area contributed by atoms with E-state index in [1.807, 2.05) is 24.3 Å². The Morgan fingerprint density at radius 3 is 2.80 bits per heavy atom. The number of halogens is 2. The van der Waals surface area contributed by atoms with E-state index in [0.717, 1.165) is 11.3 Å². The molecule has 0 radical (unpaired) electrons. The number of ether oxygens (including phenoxy) is 1. The second-order valence-electron chi connectivity index (χ2n) is 4.15. The third kappa shape index (κ3) is 3.65. The first-order valence-corrected chi connectivity index (χ1v) is 6.66. The molecular weight excluding hydrogens is 297 g/mol. The van der Waals surface area contributed by atoms with Gasteiger partial charge in [-0.2, -0.15) is 0 Å². The van der Waals surface area contributed by atoms with Crippen molar-refractivity contribution < 1.29 is 9.84 Å². The maximum Gasteiger partial charge on any atom is 0.143 e. The van der Waals surface area contributed by atoms with Crippen LogP contribution in [-0.4, -0.2) is 18.4 Å². The average Bonchev–Trinajstić information content (AvgIpc) is 2.44. The van der Waals surface area contributed by atoms with E-state index in [4.69, 9.17) is 27.9 Å². The van der Waals surface area contributed by atoms with Crippen LogP contribution in [0.1, 0.15) is 11.1 Å². The minimum Gasteiger partial charge on any atom is -0.506 e. The van der Waals surface area contributed by atoms with Crippen molar-refractivity contribution in [2.45, 2.75) is 6.54 Å². The highest BCUT2D eigenvalue weighted by Crippen LogP contribution is 2.30. The van der Waals surface area contributed by atoms with Crippen molar-refractivity contribution in [3.05, 3.63) is 57.6 Å². The Morgan fingerprint density at radius 1 is 1.25 bits per heavy atom. The number of hydrogen-bond donors (Lipinski definition) is 1. The van der Waals surface area contributed by atoms with Crippen LogP contribution in [0.2, 0.25) is 10.0 Å². The molecule has 0 atom stereocenters. The summed E-state index contributed by atoms with van der Waals surface area (Å²) in [5.41, 5.74) is 1.50. The normalized spacial score (nSPS) is 10.9. The Kier molecular flexibility index (Phi) is 4.88. The van der Waals surface area contributed by atoms with Crippen molar-refractivity contribution in [2.24, 2.45) is 4.99 Å². The molecule has 0 saturated carbocycles. The highest BCUT2D eigenvalue weighted by atomic mass is 35.5. The minimum absolute atomic E-state index is 0.0227. The van der Waals surface area contributed by atoms with E-state index in [-0.39, 0.29) is 10.8 Å². The van der Waals surface area contributed by atoms with Crippen molar-refractivity contribution >= 4 is 29.4 Å². The maximum absolute atomic E-state index is 9.80. The van der Waals surface area contributed by atoms with Gasteiger partial charge in [0, 0.05) is 16.8 Å². The third-order valence-electron chi connectivity index (χ3n) is 2.70. The van der Waals surface area contributed by atoms with E-state index in [9.17, 15) is 5.11 Å². The Hall–Kier alpha value is -1.71. The summed E-state index contributed by atoms with van der Waals surface area (Å²) in [6.45, 7) is 0.473. The van der Waals surface area contributed by atoms with E-state index < -0.39 is 0 Å². The molecule has 0 aromatic heterocycles. The molecule has 0 heterocycles. The number of phenols is 1. The van der Waals surface area contributed by atoms with Gasteiger partial charge in [0.2, 0.25) is 0 Å². The van der Waals surface area contributed by atoms with Gasteiger partial charge in [-0.15, -0.1) is 0 Å². The molecule has 0 bridgehead atoms. The molecule has 0 unspecified atom stereocenters. The number of aliphatic imine (C=N–C) groups is 1. The summed E-state index contributed by atoms with van der Waals surface area (Å²) < 4.78 is 5.14. The molecule has 5 heteroatoms. The third-order valence-corrected chi connectivity index (χ3v) is 3.20. The highest BCUT2D eigenvalue weighted by molar-refractivity contribution is 6.36. The number of phenolic OH excluding ortho intramolecular Hbond substituents is 1. The molecule has 0 amide bonds. The average molecular weight is 310 g/mol. The quantitative estimate of drug-likeness (QED) is 0.854. The standard InChI is InChI=1S/C15H13Cl2NO2/c1-20-13-4-2-3-10(5-13)8-18-9-11-6-12(16)7-14(17)15(11)19/h2-7,9,19H,8H2,1H3. The second-order valence-corrected chi connectivity index (χ2v) is 4.99. The Morgan fingerprint density at radius 2 is 2.05 bits per heavy atom. The zero-order valence-electron chi connectivity index (χ0n) is 10.8. The number of methoxy groups -OCH3 is 1. The number of aromatic hydroxyl groups is 1. The van der Waals surface area contributed by atoms with Crippen molar-refractivity contribution in [1.29, 1.82) is 0 Å². The lowest BCUT2D eigenvalue weighted by molar-refractivity contribution is 0.414. The maximum atomic E-state index is 9.80. The zero-order valence-corrected chi connectivity index (χ0v) is 12.3. The molecule has 0 aliphatic carbocycles. The Balaban J connectivity index is 2.14. The zero-order chi connectivity index (χ0) is 14.5. The number of benzene rings is 2. The van der Waals surface area contributed by atoms with Crippen LogP contribution >= 0.6 is 23.2 Å². The van der Waals surface area contributed by atoms with Gasteiger partial charge in [0.25, 0.3) is 0 Å². The Bertz CT molecular complexity index is 642. The lowest BCUT2D eigenvalue weighted by Crippen LogP contribution is -1.88. The van der Waals surface area contributed by atoms with Crippen LogP contribution in [0, 0.1) is 0 Å². The first-order chi connectivity index (χ1) is 9.60. The fourth-order valence-corrected chi connectivity index (χ4v) is 2.21. The van der Waals surface area contributed by atoms with Gasteiger partial charge >= 0.3 is 0 Å². The summed E-state index contributed by atoms with van der Waals surface area (Å²) >= 11 is 11.7. The molecule has 0 fully saturated rings. The molecule has 0 saturated heterocycles. The highest BCUT2D eigenvalue weighted by Gasteiger charge is 2.05. The molecule has 3 nitrogen and oxygen atoms in total. The molecule has 104 valence electrons. The van der Waals surface area contributed by atoms with Gasteiger partial charge in [-0.05, 0) is 29.8 Å². The second kappa shape index (κ2) is 6.64. The molecule has 2 aromatic carbocycles. The van der Waals surface area contributed by atoms with Gasteiger partial charge in [0.1, 0.15) is 11.5 Å². The fourth-order valence-electron chi connectivity index (χ4n) is 1.70. The molecule has 0 spiro atoms. The molecular formula is C15H13Cl2NO2. The van der Waals surface area contributed by atoms with Gasteiger partial charge in [-0.25, -0.2) is 0 Å². The first kappa shape index (κ1) is 14.7. The van der Waals surface area contributed by atoms with Gasteiger partial charge in [-0.3, -0.25) is 4.99 Å². The van der Waals surface area contributed by atoms with E-state index in [0.29, 0.717) is 17.1 Å². The van der Waals surface area contributed by atoms with E-state index in [2.05, 4.69) is 4.99 Å². The van der Waals surface area contributed by atoms with Crippen LogP contribution in [0.25, 0.3) is 0 Å². The topological polar surface area (TPSA) is 41.8 Å². The predicted molar refractivity (Wildman–Crippen MR) is 82.4 cm³/mol. The molecule has 20 heavy (non-hydrogen) atoms. The number of rotatable bonds is 4. The predicted octanol–water partition coefficient (Wildman–Crippen LogP) is 4.33. The monoisotopic (exact) mass is 309 g/mol. The first-order valence-electron chi connectivity index (χ1n) is 5.91. The van der Waals surface area contributed by atoms with Gasteiger partial charge < -0.3 is 9.84 Å². The molecule has 0 aliphatic heterocycles. The summed E-state index contributed by atoms with van der Waals surface area (Å²) in [6, 6.07) is 10.7.